The molecule has 1 aromatic rings. The van der Waals surface area contributed by atoms with Gasteiger partial charge in [0.1, 0.15) is 0 Å². The molecule has 100 valence electrons. The molecule has 0 saturated carbocycles. The zero-order valence-corrected chi connectivity index (χ0v) is 9.87. The Morgan fingerprint density at radius 2 is 1.67 bits per heavy atom. The van der Waals surface area contributed by atoms with Crippen molar-refractivity contribution in [1.29, 1.82) is 0 Å². The molecular weight excluding hydrogens is 243 g/mol. The number of rotatable bonds is 2. The summed E-state index contributed by atoms with van der Waals surface area (Å²) in [6, 6.07) is 6.13. The average Bonchev–Trinajstić information content (AvgIpc) is 2.38. The summed E-state index contributed by atoms with van der Waals surface area (Å²) in [6.45, 7) is 1.88. The number of benzene rings is 1. The zero-order chi connectivity index (χ0) is 13.2. The van der Waals surface area contributed by atoms with E-state index in [1.54, 1.807) is 12.1 Å². The van der Waals surface area contributed by atoms with Crippen molar-refractivity contribution in [3.8, 4) is 0 Å². The highest BCUT2D eigenvalue weighted by Gasteiger charge is 2.39. The van der Waals surface area contributed by atoms with Crippen LogP contribution in [0.5, 0.6) is 0 Å². The van der Waals surface area contributed by atoms with Gasteiger partial charge in [0, 0.05) is 0 Å². The van der Waals surface area contributed by atoms with Crippen molar-refractivity contribution >= 4 is 0 Å². The predicted molar refractivity (Wildman–Crippen MR) is 62.3 cm³/mol. The van der Waals surface area contributed by atoms with Crippen LogP contribution in [0.25, 0.3) is 0 Å². The summed E-state index contributed by atoms with van der Waals surface area (Å²) in [5, 5.41) is 12.4. The summed E-state index contributed by atoms with van der Waals surface area (Å²) in [5.41, 5.74) is 0.954. The topological polar surface area (TPSA) is 32.3 Å². The van der Waals surface area contributed by atoms with Gasteiger partial charge in [-0.3, -0.25) is 0 Å². The standard InChI is InChI=1S/C13H16F3NO/c14-13(15,16)12(18)11-3-1-9(2-4-11)10-5-7-17-8-6-10/h1-4,10,12,17-18H,5-8H2. The Hall–Kier alpha value is -1.07. The number of aliphatic hydroxyl groups excluding tert-OH is 1. The Bertz CT molecular complexity index is 382. The van der Waals surface area contributed by atoms with E-state index < -0.39 is 12.3 Å². The molecule has 2 N–H and O–H groups in total. The molecule has 1 fully saturated rings. The molecule has 0 aliphatic carbocycles. The maximum Gasteiger partial charge on any atom is 0.418 e. The van der Waals surface area contributed by atoms with Gasteiger partial charge in [0.05, 0.1) is 0 Å². The maximum atomic E-state index is 12.3. The lowest BCUT2D eigenvalue weighted by atomic mass is 9.89. The summed E-state index contributed by atoms with van der Waals surface area (Å²) in [6.07, 6.45) is -4.99. The van der Waals surface area contributed by atoms with Crippen molar-refractivity contribution < 1.29 is 18.3 Å². The van der Waals surface area contributed by atoms with Gasteiger partial charge in [0.25, 0.3) is 0 Å². The van der Waals surface area contributed by atoms with Gasteiger partial charge in [-0.1, -0.05) is 24.3 Å². The van der Waals surface area contributed by atoms with Crippen LogP contribution in [0.4, 0.5) is 13.2 Å². The molecule has 1 unspecified atom stereocenters. The van der Waals surface area contributed by atoms with Gasteiger partial charge in [-0.05, 0) is 43.0 Å². The first kappa shape index (κ1) is 13.4. The summed E-state index contributed by atoms with van der Waals surface area (Å²) in [4.78, 5) is 0. The molecule has 2 nitrogen and oxygen atoms in total. The normalized spacial score (nSPS) is 19.8. The van der Waals surface area contributed by atoms with Gasteiger partial charge in [-0.2, -0.15) is 13.2 Å². The monoisotopic (exact) mass is 259 g/mol. The number of aliphatic hydroxyl groups is 1. The first-order valence-electron chi connectivity index (χ1n) is 6.04. The van der Waals surface area contributed by atoms with Gasteiger partial charge >= 0.3 is 6.18 Å². The number of hydrogen-bond acceptors (Lipinski definition) is 2. The molecule has 0 spiro atoms. The van der Waals surface area contributed by atoms with Crippen LogP contribution < -0.4 is 5.32 Å². The van der Waals surface area contributed by atoms with Crippen molar-refractivity contribution in [3.05, 3.63) is 35.4 Å². The van der Waals surface area contributed by atoms with E-state index in [1.807, 2.05) is 0 Å². The lowest BCUT2D eigenvalue weighted by Crippen LogP contribution is -2.26. The number of hydrogen-bond donors (Lipinski definition) is 2. The zero-order valence-electron chi connectivity index (χ0n) is 9.87. The lowest BCUT2D eigenvalue weighted by molar-refractivity contribution is -0.206. The molecule has 1 heterocycles. The van der Waals surface area contributed by atoms with Gasteiger partial charge in [-0.25, -0.2) is 0 Å². The van der Waals surface area contributed by atoms with E-state index in [1.165, 1.54) is 12.1 Å². The van der Waals surface area contributed by atoms with E-state index in [0.717, 1.165) is 31.5 Å². The molecule has 2 rings (SSSR count). The van der Waals surface area contributed by atoms with Crippen LogP contribution in [0.15, 0.2) is 24.3 Å². The van der Waals surface area contributed by atoms with Gasteiger partial charge < -0.3 is 10.4 Å². The third kappa shape index (κ3) is 3.03. The largest absolute Gasteiger partial charge is 0.418 e. The quantitative estimate of drug-likeness (QED) is 0.856. The highest BCUT2D eigenvalue weighted by molar-refractivity contribution is 5.27. The number of nitrogens with one attached hydrogen (secondary N) is 1. The fourth-order valence-electron chi connectivity index (χ4n) is 2.29. The second kappa shape index (κ2) is 5.28. The van der Waals surface area contributed by atoms with Gasteiger partial charge in [-0.15, -0.1) is 0 Å². The highest BCUT2D eigenvalue weighted by atomic mass is 19.4. The van der Waals surface area contributed by atoms with Crippen molar-refractivity contribution in [2.75, 3.05) is 13.1 Å². The van der Waals surface area contributed by atoms with Gasteiger partial charge in [0.2, 0.25) is 0 Å². The Labute approximate surface area is 104 Å². The van der Waals surface area contributed by atoms with Gasteiger partial charge in [0.15, 0.2) is 6.10 Å². The van der Waals surface area contributed by atoms with Crippen LogP contribution in [-0.2, 0) is 0 Å². The summed E-state index contributed by atoms with van der Waals surface area (Å²) >= 11 is 0. The van der Waals surface area contributed by atoms with Crippen LogP contribution in [0, 0.1) is 0 Å². The minimum atomic E-state index is -4.60. The molecule has 0 amide bonds. The summed E-state index contributed by atoms with van der Waals surface area (Å²) in [7, 11) is 0. The minimum Gasteiger partial charge on any atom is -0.379 e. The molecule has 1 aromatic carbocycles. The summed E-state index contributed by atoms with van der Waals surface area (Å²) < 4.78 is 37.0. The molecule has 1 aliphatic heterocycles. The molecule has 5 heteroatoms. The second-order valence-corrected chi connectivity index (χ2v) is 4.64. The molecule has 1 aliphatic rings. The molecule has 18 heavy (non-hydrogen) atoms. The number of alkyl halides is 3. The van der Waals surface area contributed by atoms with Crippen LogP contribution in [0.3, 0.4) is 0 Å². The third-order valence-electron chi connectivity index (χ3n) is 3.37. The Kier molecular flexibility index (Phi) is 3.92. The molecule has 1 atom stereocenters. The summed E-state index contributed by atoms with van der Waals surface area (Å²) in [5.74, 6) is 0.406. The van der Waals surface area contributed by atoms with Crippen LogP contribution in [0.1, 0.15) is 36.0 Å². The van der Waals surface area contributed by atoms with Crippen LogP contribution in [-0.4, -0.2) is 24.4 Å². The van der Waals surface area contributed by atoms with E-state index in [4.69, 9.17) is 5.11 Å². The fraction of sp³-hybridized carbons (Fsp3) is 0.538. The van der Waals surface area contributed by atoms with E-state index >= 15 is 0 Å². The van der Waals surface area contributed by atoms with Crippen LogP contribution in [0.2, 0.25) is 0 Å². The molecule has 0 aromatic heterocycles. The number of piperidine rings is 1. The molecule has 0 radical (unpaired) electrons. The number of halogens is 3. The highest BCUT2D eigenvalue weighted by Crippen LogP contribution is 2.33. The second-order valence-electron chi connectivity index (χ2n) is 4.64. The van der Waals surface area contributed by atoms with Crippen molar-refractivity contribution in [2.45, 2.75) is 31.0 Å². The van der Waals surface area contributed by atoms with E-state index in [-0.39, 0.29) is 5.56 Å². The SMILES string of the molecule is OC(c1ccc(C2CCNCC2)cc1)C(F)(F)F. The van der Waals surface area contributed by atoms with Crippen molar-refractivity contribution in [3.63, 3.8) is 0 Å². The first-order chi connectivity index (χ1) is 8.48. The lowest BCUT2D eigenvalue weighted by Gasteiger charge is -2.23. The predicted octanol–water partition coefficient (Wildman–Crippen LogP) is 2.75. The van der Waals surface area contributed by atoms with E-state index in [2.05, 4.69) is 5.32 Å². The molecule has 1 saturated heterocycles. The average molecular weight is 259 g/mol. The van der Waals surface area contributed by atoms with E-state index in [0.29, 0.717) is 5.92 Å². The van der Waals surface area contributed by atoms with E-state index in [9.17, 15) is 13.2 Å². The third-order valence-corrected chi connectivity index (χ3v) is 3.37. The first-order valence-corrected chi connectivity index (χ1v) is 6.04. The van der Waals surface area contributed by atoms with Crippen LogP contribution >= 0.6 is 0 Å². The fourth-order valence-corrected chi connectivity index (χ4v) is 2.29. The maximum absolute atomic E-state index is 12.3. The Morgan fingerprint density at radius 3 is 2.17 bits per heavy atom. The molecule has 0 bridgehead atoms. The van der Waals surface area contributed by atoms with Crippen molar-refractivity contribution in [1.82, 2.24) is 5.32 Å². The minimum absolute atomic E-state index is 0.0971. The smallest absolute Gasteiger partial charge is 0.379 e. The Morgan fingerprint density at radius 1 is 1.11 bits per heavy atom. The Balaban J connectivity index is 2.09. The van der Waals surface area contributed by atoms with Crippen molar-refractivity contribution in [2.24, 2.45) is 0 Å². The molecular formula is C13H16F3NO.